The second-order valence-electron chi connectivity index (χ2n) is 7.10. The van der Waals surface area contributed by atoms with Crippen LogP contribution in [0.5, 0.6) is 5.75 Å². The van der Waals surface area contributed by atoms with E-state index in [-0.39, 0.29) is 0 Å². The molecule has 0 unspecified atom stereocenters. The molecule has 1 aliphatic carbocycles. The number of hydrogen-bond donors (Lipinski definition) is 1. The van der Waals surface area contributed by atoms with Gasteiger partial charge >= 0.3 is 0 Å². The Labute approximate surface area is 165 Å². The van der Waals surface area contributed by atoms with E-state index in [2.05, 4.69) is 40.4 Å². The third-order valence-corrected chi connectivity index (χ3v) is 5.90. The van der Waals surface area contributed by atoms with Crippen molar-refractivity contribution in [3.63, 3.8) is 0 Å². The number of rotatable bonds is 7. The topological polar surface area (TPSA) is 34.1 Å². The summed E-state index contributed by atoms with van der Waals surface area (Å²) in [5.74, 6) is 0.845. The first-order valence-corrected chi connectivity index (χ1v) is 10.7. The van der Waals surface area contributed by atoms with Crippen LogP contribution in [-0.2, 0) is 6.54 Å². The zero-order valence-electron chi connectivity index (χ0n) is 15.8. The van der Waals surface area contributed by atoms with E-state index in [0.717, 1.165) is 41.9 Å². The molecular weight excluding hydrogens is 352 g/mol. The number of aromatic nitrogens is 1. The lowest BCUT2D eigenvalue weighted by molar-refractivity contribution is 0.415. The van der Waals surface area contributed by atoms with Gasteiger partial charge in [0.1, 0.15) is 5.75 Å². The fourth-order valence-corrected chi connectivity index (χ4v) is 4.35. The van der Waals surface area contributed by atoms with Crippen LogP contribution in [0.2, 0.25) is 0 Å². The summed E-state index contributed by atoms with van der Waals surface area (Å²) >= 11 is 1.71. The number of fused-ring (bicyclic) bond motifs is 1. The van der Waals surface area contributed by atoms with Crippen molar-refractivity contribution in [2.45, 2.75) is 38.6 Å². The molecule has 2 heterocycles. The highest BCUT2D eigenvalue weighted by Crippen LogP contribution is 2.29. The van der Waals surface area contributed by atoms with Crippen molar-refractivity contribution in [1.29, 1.82) is 0 Å². The van der Waals surface area contributed by atoms with Gasteiger partial charge in [-0.2, -0.15) is 11.3 Å². The average molecular weight is 379 g/mol. The first kappa shape index (κ1) is 18.2. The standard InChI is InChI=1S/C23H26N2OS/c1-26-21-8-7-18-13-20(15-24-11-9-17-5-3-2-4-6-17)23(25-22(18)14-21)19-10-12-27-16-19/h5,7-8,10,12-14,16,24H,2-4,6,9,11,15H2,1H3. The van der Waals surface area contributed by atoms with Crippen molar-refractivity contribution in [3.8, 4) is 17.0 Å². The van der Waals surface area contributed by atoms with Crippen LogP contribution in [-0.4, -0.2) is 18.6 Å². The van der Waals surface area contributed by atoms with Crippen LogP contribution in [0.1, 0.15) is 37.7 Å². The molecule has 27 heavy (non-hydrogen) atoms. The summed E-state index contributed by atoms with van der Waals surface area (Å²) < 4.78 is 5.36. The van der Waals surface area contributed by atoms with Crippen LogP contribution < -0.4 is 10.1 Å². The molecule has 0 aliphatic heterocycles. The Hall–Kier alpha value is -2.17. The second kappa shape index (κ2) is 8.68. The number of methoxy groups -OCH3 is 1. The lowest BCUT2D eigenvalue weighted by atomic mass is 9.97. The summed E-state index contributed by atoms with van der Waals surface area (Å²) in [4.78, 5) is 4.97. The number of nitrogens with zero attached hydrogens (tertiary/aromatic N) is 1. The van der Waals surface area contributed by atoms with Crippen molar-refractivity contribution in [3.05, 3.63) is 58.3 Å². The van der Waals surface area contributed by atoms with E-state index >= 15 is 0 Å². The van der Waals surface area contributed by atoms with E-state index in [1.165, 1.54) is 36.8 Å². The van der Waals surface area contributed by atoms with Gasteiger partial charge in [-0.05, 0) is 73.9 Å². The quantitative estimate of drug-likeness (QED) is 0.407. The fourth-order valence-electron chi connectivity index (χ4n) is 3.71. The minimum Gasteiger partial charge on any atom is -0.497 e. The molecule has 140 valence electrons. The highest BCUT2D eigenvalue weighted by molar-refractivity contribution is 7.08. The summed E-state index contributed by atoms with van der Waals surface area (Å²) in [5, 5.41) is 9.07. The summed E-state index contributed by atoms with van der Waals surface area (Å²) in [6.45, 7) is 1.86. The van der Waals surface area contributed by atoms with Gasteiger partial charge in [0.05, 0.1) is 18.3 Å². The lowest BCUT2D eigenvalue weighted by Gasteiger charge is -2.14. The third kappa shape index (κ3) is 4.40. The molecule has 0 saturated carbocycles. The average Bonchev–Trinajstić information content (AvgIpc) is 3.25. The summed E-state index contributed by atoms with van der Waals surface area (Å²) in [7, 11) is 1.70. The Balaban J connectivity index is 1.54. The van der Waals surface area contributed by atoms with E-state index in [9.17, 15) is 0 Å². The van der Waals surface area contributed by atoms with Crippen LogP contribution in [0, 0.1) is 0 Å². The van der Waals surface area contributed by atoms with Gasteiger partial charge in [0, 0.05) is 28.9 Å². The Bertz CT molecular complexity index is 931. The number of allylic oxidation sites excluding steroid dienone is 1. The van der Waals surface area contributed by atoms with Gasteiger partial charge in [-0.15, -0.1) is 0 Å². The predicted octanol–water partition coefficient (Wildman–Crippen LogP) is 5.95. The zero-order chi connectivity index (χ0) is 18.5. The minimum absolute atomic E-state index is 0.841. The molecule has 0 bridgehead atoms. The molecular formula is C23H26N2OS. The summed E-state index contributed by atoms with van der Waals surface area (Å²) in [6.07, 6.45) is 8.84. The molecule has 0 amide bonds. The van der Waals surface area contributed by atoms with Crippen molar-refractivity contribution in [2.75, 3.05) is 13.7 Å². The summed E-state index contributed by atoms with van der Waals surface area (Å²) in [6, 6.07) is 10.5. The van der Waals surface area contributed by atoms with Gasteiger partial charge in [-0.1, -0.05) is 11.6 Å². The number of thiophene rings is 1. The number of hydrogen-bond acceptors (Lipinski definition) is 4. The number of ether oxygens (including phenoxy) is 1. The molecule has 0 spiro atoms. The highest BCUT2D eigenvalue weighted by Gasteiger charge is 2.11. The van der Waals surface area contributed by atoms with Gasteiger partial charge in [0.15, 0.2) is 0 Å². The molecule has 2 aromatic heterocycles. The van der Waals surface area contributed by atoms with Crippen LogP contribution in [0.4, 0.5) is 0 Å². The third-order valence-electron chi connectivity index (χ3n) is 5.22. The van der Waals surface area contributed by atoms with E-state index < -0.39 is 0 Å². The highest BCUT2D eigenvalue weighted by atomic mass is 32.1. The first-order valence-electron chi connectivity index (χ1n) is 9.72. The molecule has 3 aromatic rings. The largest absolute Gasteiger partial charge is 0.497 e. The molecule has 4 rings (SSSR count). The smallest absolute Gasteiger partial charge is 0.121 e. The van der Waals surface area contributed by atoms with Crippen molar-refractivity contribution >= 4 is 22.2 Å². The molecule has 1 N–H and O–H groups in total. The number of nitrogens with one attached hydrogen (secondary N) is 1. The van der Waals surface area contributed by atoms with E-state index in [4.69, 9.17) is 9.72 Å². The Morgan fingerprint density at radius 3 is 2.93 bits per heavy atom. The monoisotopic (exact) mass is 378 g/mol. The molecule has 1 aliphatic rings. The lowest BCUT2D eigenvalue weighted by Crippen LogP contribution is -2.16. The molecule has 0 saturated heterocycles. The fraction of sp³-hybridized carbons (Fsp3) is 0.348. The van der Waals surface area contributed by atoms with Crippen molar-refractivity contribution in [1.82, 2.24) is 10.3 Å². The van der Waals surface area contributed by atoms with E-state index in [1.807, 2.05) is 12.1 Å². The van der Waals surface area contributed by atoms with E-state index in [0.29, 0.717) is 0 Å². The minimum atomic E-state index is 0.841. The maximum absolute atomic E-state index is 5.36. The normalized spacial score (nSPS) is 14.3. The number of pyridine rings is 1. The molecule has 0 atom stereocenters. The number of benzene rings is 1. The van der Waals surface area contributed by atoms with Crippen LogP contribution in [0.3, 0.4) is 0 Å². The Kier molecular flexibility index (Phi) is 5.85. The molecule has 4 heteroatoms. The molecule has 3 nitrogen and oxygen atoms in total. The van der Waals surface area contributed by atoms with Crippen molar-refractivity contribution < 1.29 is 4.74 Å². The van der Waals surface area contributed by atoms with Crippen molar-refractivity contribution in [2.24, 2.45) is 0 Å². The Morgan fingerprint density at radius 2 is 2.15 bits per heavy atom. The van der Waals surface area contributed by atoms with Crippen LogP contribution in [0.25, 0.3) is 22.2 Å². The van der Waals surface area contributed by atoms with Gasteiger partial charge < -0.3 is 10.1 Å². The van der Waals surface area contributed by atoms with Crippen LogP contribution >= 0.6 is 11.3 Å². The van der Waals surface area contributed by atoms with Gasteiger partial charge in [0.2, 0.25) is 0 Å². The SMILES string of the molecule is COc1ccc2cc(CNCCC3=CCCCC3)c(-c3ccsc3)nc2c1. The summed E-state index contributed by atoms with van der Waals surface area (Å²) in [5.41, 5.74) is 6.11. The van der Waals surface area contributed by atoms with Gasteiger partial charge in [0.25, 0.3) is 0 Å². The van der Waals surface area contributed by atoms with E-state index in [1.54, 1.807) is 24.0 Å². The van der Waals surface area contributed by atoms with Gasteiger partial charge in [-0.3, -0.25) is 0 Å². The maximum atomic E-state index is 5.36. The van der Waals surface area contributed by atoms with Gasteiger partial charge in [-0.25, -0.2) is 4.98 Å². The Morgan fingerprint density at radius 1 is 1.19 bits per heavy atom. The zero-order valence-corrected chi connectivity index (χ0v) is 16.6. The molecule has 0 radical (unpaired) electrons. The maximum Gasteiger partial charge on any atom is 0.121 e. The second-order valence-corrected chi connectivity index (χ2v) is 7.88. The molecule has 0 fully saturated rings. The molecule has 1 aromatic carbocycles. The predicted molar refractivity (Wildman–Crippen MR) is 114 cm³/mol. The first-order chi connectivity index (χ1) is 13.3. The van der Waals surface area contributed by atoms with Crippen LogP contribution in [0.15, 0.2) is 52.7 Å².